The fraction of sp³-hybridized carbons (Fsp3) is 0.517. The highest BCUT2D eigenvalue weighted by atomic mass is 16.4. The fourth-order valence-corrected chi connectivity index (χ4v) is 4.31. The van der Waals surface area contributed by atoms with E-state index in [2.05, 4.69) is 31.3 Å². The molecule has 0 aliphatic rings. The minimum Gasteiger partial charge on any atom is -0.480 e. The van der Waals surface area contributed by atoms with Gasteiger partial charge in [0.1, 0.15) is 24.2 Å². The highest BCUT2D eigenvalue weighted by Crippen LogP contribution is 2.08. The summed E-state index contributed by atoms with van der Waals surface area (Å²) in [7, 11) is 0. The van der Waals surface area contributed by atoms with Gasteiger partial charge in [0, 0.05) is 25.9 Å². The SMILES string of the molecule is NC(=O)CC[C@H](N)C(=O)N[C@@H](CCCN=C(N)N)C(=O)N[C@H](Cc1ccccc1)C(=O)N[C@@H](CO)C(=O)N[C@@H](CCCN=C(N)N)C(=O)O. The third kappa shape index (κ3) is 17.3. The molecule has 0 fully saturated rings. The van der Waals surface area contributed by atoms with E-state index in [9.17, 15) is 39.0 Å². The summed E-state index contributed by atoms with van der Waals surface area (Å²) in [5.74, 6) is -5.83. The number of aliphatic hydroxyl groups excluding tert-OH is 1. The van der Waals surface area contributed by atoms with Gasteiger partial charge in [-0.3, -0.25) is 34.0 Å². The van der Waals surface area contributed by atoms with Crippen LogP contribution < -0.4 is 55.7 Å². The summed E-state index contributed by atoms with van der Waals surface area (Å²) in [5, 5.41) is 29.2. The lowest BCUT2D eigenvalue weighted by molar-refractivity contribution is -0.142. The number of hydrogen-bond acceptors (Lipinski definition) is 10. The van der Waals surface area contributed by atoms with Crippen LogP contribution in [0.2, 0.25) is 0 Å². The molecule has 1 aromatic rings. The first-order chi connectivity index (χ1) is 23.1. The van der Waals surface area contributed by atoms with E-state index < -0.39 is 72.3 Å². The van der Waals surface area contributed by atoms with Gasteiger partial charge in [-0.05, 0) is 37.7 Å². The Morgan fingerprint density at radius 1 is 0.653 bits per heavy atom. The number of guanidine groups is 2. The Morgan fingerprint density at radius 3 is 1.63 bits per heavy atom. The lowest BCUT2D eigenvalue weighted by atomic mass is 10.0. The van der Waals surface area contributed by atoms with Gasteiger partial charge >= 0.3 is 5.97 Å². The summed E-state index contributed by atoms with van der Waals surface area (Å²) < 4.78 is 0. The quantitative estimate of drug-likeness (QED) is 0.0290. The molecule has 0 aliphatic heterocycles. The highest BCUT2D eigenvalue weighted by molar-refractivity contribution is 5.95. The Bertz CT molecular complexity index is 1320. The second-order valence-corrected chi connectivity index (χ2v) is 11.0. The van der Waals surface area contributed by atoms with Gasteiger partial charge in [-0.1, -0.05) is 30.3 Å². The van der Waals surface area contributed by atoms with Gasteiger partial charge in [0.25, 0.3) is 0 Å². The van der Waals surface area contributed by atoms with E-state index in [1.165, 1.54) is 0 Å². The number of carboxylic acid groups (broad SMARTS) is 1. The van der Waals surface area contributed by atoms with E-state index in [0.29, 0.717) is 5.56 Å². The molecule has 20 nitrogen and oxygen atoms in total. The molecule has 272 valence electrons. The molecular formula is C29H48N12O8. The topological polar surface area (TPSA) is 372 Å². The summed E-state index contributed by atoms with van der Waals surface area (Å²) in [5.41, 5.74) is 32.9. The number of carbonyl (C=O) groups excluding carboxylic acids is 5. The molecule has 0 aliphatic carbocycles. The van der Waals surface area contributed by atoms with Gasteiger partial charge in [-0.25, -0.2) is 4.79 Å². The van der Waals surface area contributed by atoms with Crippen LogP contribution >= 0.6 is 0 Å². The average Bonchev–Trinajstić information content (AvgIpc) is 3.04. The number of rotatable bonds is 23. The maximum Gasteiger partial charge on any atom is 0.326 e. The molecule has 1 aromatic carbocycles. The van der Waals surface area contributed by atoms with Gasteiger partial charge < -0.3 is 65.9 Å². The standard InChI is InChI=1S/C29H48N12O8/c30-17(10-11-22(31)43)23(44)38-18(8-4-12-36-28(32)33)24(45)40-20(14-16-6-2-1-3-7-16)25(46)41-21(15-42)26(47)39-19(27(48)49)9-5-13-37-29(34)35/h1-3,6-7,17-21,42H,4-5,8-15,30H2,(H2,31,43)(H,38,44)(H,39,47)(H,40,45)(H,41,46)(H,48,49)(H4,32,33,36)(H4,34,35,37)/t17-,18-,19-,20+,21-/m0/s1. The van der Waals surface area contributed by atoms with Gasteiger partial charge in [-0.15, -0.1) is 0 Å². The molecule has 20 heteroatoms. The monoisotopic (exact) mass is 692 g/mol. The molecule has 5 atom stereocenters. The number of amides is 5. The Hall–Kier alpha value is -5.50. The number of carboxylic acids is 1. The second-order valence-electron chi connectivity index (χ2n) is 11.0. The molecule has 0 bridgehead atoms. The molecule has 0 heterocycles. The third-order valence-electron chi connectivity index (χ3n) is 6.91. The first-order valence-electron chi connectivity index (χ1n) is 15.4. The molecule has 0 aromatic heterocycles. The van der Waals surface area contributed by atoms with Crippen molar-refractivity contribution in [1.82, 2.24) is 21.3 Å². The van der Waals surface area contributed by atoms with Crippen LogP contribution in [0.15, 0.2) is 40.3 Å². The summed E-state index contributed by atoms with van der Waals surface area (Å²) in [6.07, 6.45) is 0.0683. The zero-order valence-electron chi connectivity index (χ0n) is 27.0. The number of aliphatic hydroxyl groups is 1. The van der Waals surface area contributed by atoms with E-state index in [4.69, 9.17) is 34.4 Å². The Labute approximate surface area is 282 Å². The van der Waals surface area contributed by atoms with E-state index in [1.54, 1.807) is 30.3 Å². The summed E-state index contributed by atoms with van der Waals surface area (Å²) in [6, 6.07) is 1.80. The zero-order valence-corrected chi connectivity index (χ0v) is 27.0. The van der Waals surface area contributed by atoms with Crippen molar-refractivity contribution in [2.45, 2.75) is 75.2 Å². The number of hydrogen-bond donors (Lipinski definition) is 12. The van der Waals surface area contributed by atoms with Crippen LogP contribution in [0.3, 0.4) is 0 Å². The summed E-state index contributed by atoms with van der Waals surface area (Å²) in [6.45, 7) is -0.683. The number of aliphatic imine (C=N–C) groups is 2. The molecule has 0 saturated carbocycles. The Morgan fingerprint density at radius 2 is 1.12 bits per heavy atom. The number of benzene rings is 1. The molecule has 5 amide bonds. The van der Waals surface area contributed by atoms with Crippen LogP contribution in [0.1, 0.15) is 44.1 Å². The molecular weight excluding hydrogens is 644 g/mol. The van der Waals surface area contributed by atoms with E-state index in [-0.39, 0.29) is 70.0 Å². The van der Waals surface area contributed by atoms with Crippen molar-refractivity contribution >= 4 is 47.4 Å². The molecule has 18 N–H and O–H groups in total. The smallest absolute Gasteiger partial charge is 0.326 e. The van der Waals surface area contributed by atoms with E-state index >= 15 is 0 Å². The first kappa shape index (κ1) is 41.5. The van der Waals surface area contributed by atoms with Gasteiger partial charge in [0.2, 0.25) is 29.5 Å². The molecule has 0 unspecified atom stereocenters. The van der Waals surface area contributed by atoms with Gasteiger partial charge in [-0.2, -0.15) is 0 Å². The largest absolute Gasteiger partial charge is 0.480 e. The zero-order chi connectivity index (χ0) is 36.9. The molecule has 0 spiro atoms. The van der Waals surface area contributed by atoms with Crippen LogP contribution in [0.25, 0.3) is 0 Å². The van der Waals surface area contributed by atoms with E-state index in [0.717, 1.165) is 0 Å². The van der Waals surface area contributed by atoms with Crippen molar-refractivity contribution in [1.29, 1.82) is 0 Å². The van der Waals surface area contributed by atoms with Crippen molar-refractivity contribution < 1.29 is 39.0 Å². The molecule has 1 rings (SSSR count). The van der Waals surface area contributed by atoms with Crippen LogP contribution in [-0.2, 0) is 35.2 Å². The Kier molecular flexibility index (Phi) is 18.8. The predicted octanol–water partition coefficient (Wildman–Crippen LogP) is -5.05. The van der Waals surface area contributed by atoms with E-state index in [1.807, 2.05) is 0 Å². The van der Waals surface area contributed by atoms with Crippen LogP contribution in [0.5, 0.6) is 0 Å². The molecule has 0 radical (unpaired) electrons. The summed E-state index contributed by atoms with van der Waals surface area (Å²) in [4.78, 5) is 83.3. The van der Waals surface area contributed by atoms with Crippen LogP contribution in [-0.4, -0.2) is 108 Å². The van der Waals surface area contributed by atoms with Crippen molar-refractivity contribution in [2.75, 3.05) is 19.7 Å². The maximum atomic E-state index is 13.6. The second kappa shape index (κ2) is 22.1. The maximum absolute atomic E-state index is 13.6. The number of nitrogens with zero attached hydrogens (tertiary/aromatic N) is 2. The Balaban J connectivity index is 3.18. The number of aliphatic carboxylic acids is 1. The number of nitrogens with two attached hydrogens (primary N) is 6. The highest BCUT2D eigenvalue weighted by Gasteiger charge is 2.31. The van der Waals surface area contributed by atoms with Crippen molar-refractivity contribution in [3.63, 3.8) is 0 Å². The minimum atomic E-state index is -1.60. The normalized spacial score (nSPS) is 13.7. The minimum absolute atomic E-state index is 0.0119. The third-order valence-corrected chi connectivity index (χ3v) is 6.91. The van der Waals surface area contributed by atoms with Crippen LogP contribution in [0, 0.1) is 0 Å². The molecule has 49 heavy (non-hydrogen) atoms. The summed E-state index contributed by atoms with van der Waals surface area (Å²) >= 11 is 0. The fourth-order valence-electron chi connectivity index (χ4n) is 4.31. The lowest BCUT2D eigenvalue weighted by Crippen LogP contribution is -2.59. The van der Waals surface area contributed by atoms with Crippen molar-refractivity contribution in [3.05, 3.63) is 35.9 Å². The number of nitrogens with one attached hydrogen (secondary N) is 4. The average molecular weight is 693 g/mol. The lowest BCUT2D eigenvalue weighted by Gasteiger charge is -2.26. The van der Waals surface area contributed by atoms with Crippen molar-refractivity contribution in [2.24, 2.45) is 44.4 Å². The number of primary amides is 1. The molecule has 0 saturated heterocycles. The van der Waals surface area contributed by atoms with Crippen molar-refractivity contribution in [3.8, 4) is 0 Å². The number of carbonyl (C=O) groups is 6. The van der Waals surface area contributed by atoms with Gasteiger partial charge in [0.05, 0.1) is 12.6 Å². The first-order valence-corrected chi connectivity index (χ1v) is 15.4. The van der Waals surface area contributed by atoms with Crippen LogP contribution in [0.4, 0.5) is 0 Å². The predicted molar refractivity (Wildman–Crippen MR) is 179 cm³/mol. The van der Waals surface area contributed by atoms with Gasteiger partial charge in [0.15, 0.2) is 11.9 Å².